The monoisotopic (exact) mass is 320 g/mol. The molecule has 1 aromatic heterocycles. The van der Waals surface area contributed by atoms with Gasteiger partial charge in [0, 0.05) is 23.6 Å². The molecule has 0 aliphatic rings. The molecule has 24 heavy (non-hydrogen) atoms. The number of hydrogen-bond donors (Lipinski definition) is 1. The molecule has 0 saturated heterocycles. The van der Waals surface area contributed by atoms with Crippen LogP contribution in [-0.2, 0) is 4.74 Å². The van der Waals surface area contributed by atoms with Crippen molar-refractivity contribution in [3.63, 3.8) is 0 Å². The van der Waals surface area contributed by atoms with Gasteiger partial charge in [-0.2, -0.15) is 0 Å². The molecule has 1 heterocycles. The van der Waals surface area contributed by atoms with Crippen LogP contribution in [0.3, 0.4) is 0 Å². The van der Waals surface area contributed by atoms with Crippen LogP contribution in [0.15, 0.2) is 73.1 Å². The van der Waals surface area contributed by atoms with Gasteiger partial charge in [-0.25, -0.2) is 4.79 Å². The highest BCUT2D eigenvalue weighted by atomic mass is 16.5. The molecule has 3 rings (SSSR count). The van der Waals surface area contributed by atoms with Crippen LogP contribution in [0.1, 0.15) is 20.7 Å². The molecule has 1 amide bonds. The highest BCUT2D eigenvalue weighted by molar-refractivity contribution is 6.08. The van der Waals surface area contributed by atoms with E-state index in [-0.39, 0.29) is 5.91 Å². The Kier molecular flexibility index (Phi) is 4.43. The van der Waals surface area contributed by atoms with Crippen LogP contribution < -0.4 is 5.32 Å². The average molecular weight is 320 g/mol. The number of nitrogens with zero attached hydrogens (tertiary/aromatic N) is 1. The zero-order valence-corrected chi connectivity index (χ0v) is 13.1. The van der Waals surface area contributed by atoms with Gasteiger partial charge in [0.05, 0.1) is 18.4 Å². The molecule has 0 saturated carbocycles. The Hall–Kier alpha value is -3.34. The predicted octanol–water partition coefficient (Wildman–Crippen LogP) is 3.52. The van der Waals surface area contributed by atoms with Gasteiger partial charge < -0.3 is 14.6 Å². The van der Waals surface area contributed by atoms with E-state index in [9.17, 15) is 9.59 Å². The second-order valence-electron chi connectivity index (χ2n) is 5.13. The van der Waals surface area contributed by atoms with Crippen molar-refractivity contribution in [3.8, 4) is 5.69 Å². The Labute approximate surface area is 139 Å². The molecule has 0 radical (unpaired) electrons. The molecule has 1 N–H and O–H groups in total. The molecule has 120 valence electrons. The van der Waals surface area contributed by atoms with E-state index in [2.05, 4.69) is 5.32 Å². The second kappa shape index (κ2) is 6.83. The van der Waals surface area contributed by atoms with Crippen LogP contribution >= 0.6 is 0 Å². The first-order chi connectivity index (χ1) is 11.7. The minimum atomic E-state index is -0.492. The summed E-state index contributed by atoms with van der Waals surface area (Å²) in [5.74, 6) is -0.778. The number of para-hydroxylation sites is 1. The Bertz CT molecular complexity index is 853. The molecule has 0 atom stereocenters. The van der Waals surface area contributed by atoms with Gasteiger partial charge in [-0.05, 0) is 48.5 Å². The normalized spacial score (nSPS) is 10.2. The number of amides is 1. The topological polar surface area (TPSA) is 60.3 Å². The van der Waals surface area contributed by atoms with Crippen LogP contribution in [0.4, 0.5) is 5.69 Å². The summed E-state index contributed by atoms with van der Waals surface area (Å²) in [6, 6.07) is 17.8. The molecule has 0 spiro atoms. The van der Waals surface area contributed by atoms with Gasteiger partial charge in [0.25, 0.3) is 5.91 Å². The molecular formula is C19H16N2O3. The van der Waals surface area contributed by atoms with Gasteiger partial charge in [0.15, 0.2) is 0 Å². The van der Waals surface area contributed by atoms with Crippen LogP contribution in [0.5, 0.6) is 0 Å². The molecule has 0 aliphatic heterocycles. The van der Waals surface area contributed by atoms with Crippen LogP contribution in [0.25, 0.3) is 5.69 Å². The highest BCUT2D eigenvalue weighted by Crippen LogP contribution is 2.18. The van der Waals surface area contributed by atoms with Crippen LogP contribution in [0.2, 0.25) is 0 Å². The van der Waals surface area contributed by atoms with Gasteiger partial charge in [-0.1, -0.05) is 12.1 Å². The van der Waals surface area contributed by atoms with E-state index in [4.69, 9.17) is 4.74 Å². The van der Waals surface area contributed by atoms with Crippen LogP contribution in [-0.4, -0.2) is 23.6 Å². The predicted molar refractivity (Wildman–Crippen MR) is 91.5 cm³/mol. The van der Waals surface area contributed by atoms with Gasteiger partial charge >= 0.3 is 5.97 Å². The molecular weight excluding hydrogens is 304 g/mol. The summed E-state index contributed by atoms with van der Waals surface area (Å²) in [5.41, 5.74) is 2.21. The summed E-state index contributed by atoms with van der Waals surface area (Å²) in [6.07, 6.45) is 3.86. The largest absolute Gasteiger partial charge is 0.465 e. The fourth-order valence-corrected chi connectivity index (χ4v) is 2.37. The molecule has 3 aromatic rings. The lowest BCUT2D eigenvalue weighted by molar-refractivity contribution is 0.0602. The minimum absolute atomic E-state index is 0.287. The number of aromatic nitrogens is 1. The number of rotatable bonds is 4. The zero-order chi connectivity index (χ0) is 16.9. The van der Waals surface area contributed by atoms with Crippen molar-refractivity contribution in [2.45, 2.75) is 0 Å². The van der Waals surface area contributed by atoms with E-state index in [0.717, 1.165) is 5.69 Å². The molecule has 0 fully saturated rings. The number of carbonyl (C=O) groups excluding carboxylic acids is 2. The smallest absolute Gasteiger partial charge is 0.339 e. The Morgan fingerprint density at radius 2 is 1.58 bits per heavy atom. The first-order valence-electron chi connectivity index (χ1n) is 7.41. The van der Waals surface area contributed by atoms with Crippen molar-refractivity contribution in [1.82, 2.24) is 4.57 Å². The summed E-state index contributed by atoms with van der Waals surface area (Å²) in [5, 5.41) is 2.75. The summed E-state index contributed by atoms with van der Waals surface area (Å²) in [7, 11) is 1.31. The summed E-state index contributed by atoms with van der Waals surface area (Å²) in [4.78, 5) is 24.2. The van der Waals surface area contributed by atoms with E-state index in [0.29, 0.717) is 16.8 Å². The van der Waals surface area contributed by atoms with Crippen molar-refractivity contribution in [2.75, 3.05) is 12.4 Å². The van der Waals surface area contributed by atoms with E-state index in [1.165, 1.54) is 7.11 Å². The number of anilines is 1. The number of methoxy groups -OCH3 is 1. The van der Waals surface area contributed by atoms with Crippen molar-refractivity contribution in [1.29, 1.82) is 0 Å². The lowest BCUT2D eigenvalue weighted by Gasteiger charge is -2.10. The molecule has 2 aromatic carbocycles. The van der Waals surface area contributed by atoms with Gasteiger partial charge in [0.1, 0.15) is 0 Å². The van der Waals surface area contributed by atoms with Crippen molar-refractivity contribution in [2.24, 2.45) is 0 Å². The maximum Gasteiger partial charge on any atom is 0.339 e. The number of benzene rings is 2. The third kappa shape index (κ3) is 3.20. The standard InChI is InChI=1S/C19H16N2O3/c1-24-19(23)16-6-2-3-7-17(16)20-18(22)14-8-10-15(11-9-14)21-12-4-5-13-21/h2-13H,1H3,(H,20,22). The Morgan fingerprint density at radius 3 is 2.25 bits per heavy atom. The lowest BCUT2D eigenvalue weighted by Crippen LogP contribution is -2.15. The summed E-state index contributed by atoms with van der Waals surface area (Å²) < 4.78 is 6.68. The van der Waals surface area contributed by atoms with E-state index in [1.807, 2.05) is 41.2 Å². The number of nitrogens with one attached hydrogen (secondary N) is 1. The fourth-order valence-electron chi connectivity index (χ4n) is 2.37. The van der Waals surface area contributed by atoms with Crippen molar-refractivity contribution in [3.05, 3.63) is 84.2 Å². The first-order valence-corrected chi connectivity index (χ1v) is 7.41. The lowest BCUT2D eigenvalue weighted by atomic mass is 10.1. The Balaban J connectivity index is 1.80. The first kappa shape index (κ1) is 15.6. The van der Waals surface area contributed by atoms with Crippen molar-refractivity contribution < 1.29 is 14.3 Å². The number of esters is 1. The third-order valence-corrected chi connectivity index (χ3v) is 3.61. The quantitative estimate of drug-likeness (QED) is 0.748. The van der Waals surface area contributed by atoms with Crippen molar-refractivity contribution >= 4 is 17.6 Å². The second-order valence-corrected chi connectivity index (χ2v) is 5.13. The number of carbonyl (C=O) groups is 2. The summed E-state index contributed by atoms with van der Waals surface area (Å²) >= 11 is 0. The fraction of sp³-hybridized carbons (Fsp3) is 0.0526. The average Bonchev–Trinajstić information content (AvgIpc) is 3.16. The molecule has 5 heteroatoms. The van der Waals surface area contributed by atoms with E-state index < -0.39 is 5.97 Å². The zero-order valence-electron chi connectivity index (χ0n) is 13.1. The van der Waals surface area contributed by atoms with E-state index in [1.54, 1.807) is 36.4 Å². The maximum atomic E-state index is 12.4. The SMILES string of the molecule is COC(=O)c1ccccc1NC(=O)c1ccc(-n2cccc2)cc1. The number of ether oxygens (including phenoxy) is 1. The molecule has 0 bridgehead atoms. The van der Waals surface area contributed by atoms with Crippen LogP contribution in [0, 0.1) is 0 Å². The molecule has 0 aliphatic carbocycles. The van der Waals surface area contributed by atoms with Gasteiger partial charge in [-0.3, -0.25) is 4.79 Å². The molecule has 0 unspecified atom stereocenters. The van der Waals surface area contributed by atoms with Gasteiger partial charge in [0.2, 0.25) is 0 Å². The van der Waals surface area contributed by atoms with E-state index >= 15 is 0 Å². The maximum absolute atomic E-state index is 12.4. The molecule has 5 nitrogen and oxygen atoms in total. The third-order valence-electron chi connectivity index (χ3n) is 3.61. The minimum Gasteiger partial charge on any atom is -0.465 e. The van der Waals surface area contributed by atoms with Gasteiger partial charge in [-0.15, -0.1) is 0 Å². The number of hydrogen-bond acceptors (Lipinski definition) is 3. The summed E-state index contributed by atoms with van der Waals surface area (Å²) in [6.45, 7) is 0. The highest BCUT2D eigenvalue weighted by Gasteiger charge is 2.14. The Morgan fingerprint density at radius 1 is 0.917 bits per heavy atom.